The maximum Gasteiger partial charge on any atom is 0.328 e. The van der Waals surface area contributed by atoms with Crippen LogP contribution in [0.5, 0.6) is 5.75 Å². The number of H-pyrrole nitrogens is 1. The third kappa shape index (κ3) is 3.85. The van der Waals surface area contributed by atoms with E-state index in [2.05, 4.69) is 10.3 Å². The molecule has 0 saturated heterocycles. The minimum Gasteiger partial charge on any atom is -0.495 e. The Bertz CT molecular complexity index is 792. The number of rotatable bonds is 5. The van der Waals surface area contributed by atoms with Crippen LogP contribution >= 0.6 is 0 Å². The van der Waals surface area contributed by atoms with Crippen molar-refractivity contribution in [3.05, 3.63) is 56.9 Å². The highest BCUT2D eigenvalue weighted by Crippen LogP contribution is 2.25. The van der Waals surface area contributed by atoms with E-state index in [0.29, 0.717) is 11.4 Å². The molecular formula is C15H17N3O4. The molecule has 0 radical (unpaired) electrons. The summed E-state index contributed by atoms with van der Waals surface area (Å²) in [6, 6.07) is 6.71. The lowest BCUT2D eigenvalue weighted by Gasteiger charge is -2.11. The Labute approximate surface area is 126 Å². The number of amides is 1. The first-order valence-electron chi connectivity index (χ1n) is 6.74. The van der Waals surface area contributed by atoms with Crippen LogP contribution in [0.1, 0.15) is 12.0 Å². The third-order valence-corrected chi connectivity index (χ3v) is 3.11. The fourth-order valence-corrected chi connectivity index (χ4v) is 1.97. The van der Waals surface area contributed by atoms with Crippen LogP contribution in [0.3, 0.4) is 0 Å². The van der Waals surface area contributed by atoms with Gasteiger partial charge in [-0.15, -0.1) is 0 Å². The maximum atomic E-state index is 12.0. The molecular weight excluding hydrogens is 286 g/mol. The Kier molecular flexibility index (Phi) is 4.77. The lowest BCUT2D eigenvalue weighted by atomic mass is 10.2. The van der Waals surface area contributed by atoms with E-state index < -0.39 is 11.2 Å². The van der Waals surface area contributed by atoms with Crippen molar-refractivity contribution in [1.82, 2.24) is 9.55 Å². The zero-order valence-electron chi connectivity index (χ0n) is 12.4. The Morgan fingerprint density at radius 3 is 2.77 bits per heavy atom. The number of nitrogens with zero attached hydrogens (tertiary/aromatic N) is 1. The van der Waals surface area contributed by atoms with Crippen molar-refractivity contribution in [2.45, 2.75) is 19.9 Å². The second kappa shape index (κ2) is 6.75. The number of hydrogen-bond donors (Lipinski definition) is 2. The van der Waals surface area contributed by atoms with E-state index in [1.807, 2.05) is 19.1 Å². The molecule has 0 unspecified atom stereocenters. The maximum absolute atomic E-state index is 12.0. The zero-order chi connectivity index (χ0) is 16.1. The molecule has 2 rings (SSSR count). The van der Waals surface area contributed by atoms with Crippen molar-refractivity contribution in [1.29, 1.82) is 0 Å². The summed E-state index contributed by atoms with van der Waals surface area (Å²) in [6.07, 6.45) is 1.46. The van der Waals surface area contributed by atoms with Crippen molar-refractivity contribution in [3.8, 4) is 5.75 Å². The van der Waals surface area contributed by atoms with Gasteiger partial charge in [0.05, 0.1) is 12.8 Å². The summed E-state index contributed by atoms with van der Waals surface area (Å²) in [5.41, 5.74) is 0.581. The number of anilines is 1. The third-order valence-electron chi connectivity index (χ3n) is 3.11. The molecule has 0 aliphatic rings. The lowest BCUT2D eigenvalue weighted by Crippen LogP contribution is -2.29. The highest BCUT2D eigenvalue weighted by Gasteiger charge is 2.08. The predicted molar refractivity (Wildman–Crippen MR) is 82.3 cm³/mol. The molecule has 116 valence electrons. The fourth-order valence-electron chi connectivity index (χ4n) is 1.97. The van der Waals surface area contributed by atoms with Crippen LogP contribution in [-0.4, -0.2) is 22.6 Å². The number of methoxy groups -OCH3 is 1. The van der Waals surface area contributed by atoms with Gasteiger partial charge in [-0.3, -0.25) is 14.6 Å². The van der Waals surface area contributed by atoms with Crippen molar-refractivity contribution in [3.63, 3.8) is 0 Å². The number of aryl methyl sites for hydroxylation is 2. The molecule has 1 aromatic carbocycles. The van der Waals surface area contributed by atoms with E-state index in [9.17, 15) is 14.4 Å². The predicted octanol–water partition coefficient (Wildman–Crippen LogP) is 0.882. The summed E-state index contributed by atoms with van der Waals surface area (Å²) in [5.74, 6) is 0.321. The van der Waals surface area contributed by atoms with Crippen LogP contribution in [0.15, 0.2) is 40.1 Å². The van der Waals surface area contributed by atoms with E-state index in [1.54, 1.807) is 6.07 Å². The van der Waals surface area contributed by atoms with E-state index in [1.165, 1.54) is 23.9 Å². The highest BCUT2D eigenvalue weighted by atomic mass is 16.5. The fraction of sp³-hybridized carbons (Fsp3) is 0.267. The normalized spacial score (nSPS) is 10.3. The van der Waals surface area contributed by atoms with Crippen LogP contribution in [0.4, 0.5) is 5.69 Å². The molecule has 2 aromatic rings. The summed E-state index contributed by atoms with van der Waals surface area (Å²) in [6.45, 7) is 2.09. The second-order valence-electron chi connectivity index (χ2n) is 4.81. The minimum atomic E-state index is -0.534. The van der Waals surface area contributed by atoms with E-state index in [0.717, 1.165) is 5.56 Å². The number of aromatic amines is 1. The van der Waals surface area contributed by atoms with Gasteiger partial charge in [0, 0.05) is 25.2 Å². The Morgan fingerprint density at radius 1 is 1.32 bits per heavy atom. The average molecular weight is 303 g/mol. The van der Waals surface area contributed by atoms with Gasteiger partial charge in [0.2, 0.25) is 5.91 Å². The number of benzene rings is 1. The van der Waals surface area contributed by atoms with Crippen molar-refractivity contribution < 1.29 is 9.53 Å². The smallest absolute Gasteiger partial charge is 0.328 e. The number of nitrogens with one attached hydrogen (secondary N) is 2. The van der Waals surface area contributed by atoms with Gasteiger partial charge in [0.15, 0.2) is 0 Å². The Balaban J connectivity index is 2.03. The molecule has 0 fully saturated rings. The van der Waals surface area contributed by atoms with Gasteiger partial charge in [-0.2, -0.15) is 0 Å². The highest BCUT2D eigenvalue weighted by molar-refractivity contribution is 5.92. The molecule has 7 heteroatoms. The first-order valence-corrected chi connectivity index (χ1v) is 6.74. The van der Waals surface area contributed by atoms with Gasteiger partial charge in [-0.1, -0.05) is 6.07 Å². The molecule has 1 heterocycles. The van der Waals surface area contributed by atoms with Crippen LogP contribution in [-0.2, 0) is 11.3 Å². The van der Waals surface area contributed by atoms with Crippen LogP contribution in [0.25, 0.3) is 0 Å². The van der Waals surface area contributed by atoms with E-state index in [4.69, 9.17) is 4.74 Å². The van der Waals surface area contributed by atoms with Crippen molar-refractivity contribution in [2.24, 2.45) is 0 Å². The molecule has 0 spiro atoms. The first kappa shape index (κ1) is 15.6. The monoisotopic (exact) mass is 303 g/mol. The van der Waals surface area contributed by atoms with Gasteiger partial charge in [0.1, 0.15) is 5.75 Å². The van der Waals surface area contributed by atoms with Gasteiger partial charge in [-0.05, 0) is 24.6 Å². The van der Waals surface area contributed by atoms with E-state index in [-0.39, 0.29) is 18.9 Å². The summed E-state index contributed by atoms with van der Waals surface area (Å²) in [7, 11) is 1.53. The molecule has 0 saturated carbocycles. The Morgan fingerprint density at radius 2 is 2.09 bits per heavy atom. The summed E-state index contributed by atoms with van der Waals surface area (Å²) in [5, 5.41) is 2.75. The van der Waals surface area contributed by atoms with Crippen LogP contribution in [0, 0.1) is 6.92 Å². The quantitative estimate of drug-likeness (QED) is 0.857. The number of hydrogen-bond acceptors (Lipinski definition) is 4. The largest absolute Gasteiger partial charge is 0.495 e. The molecule has 7 nitrogen and oxygen atoms in total. The summed E-state index contributed by atoms with van der Waals surface area (Å²) in [4.78, 5) is 36.6. The number of carbonyl (C=O) groups excluding carboxylic acids is 1. The molecule has 0 aliphatic heterocycles. The van der Waals surface area contributed by atoms with Crippen LogP contribution < -0.4 is 21.3 Å². The van der Waals surface area contributed by atoms with Crippen molar-refractivity contribution >= 4 is 11.6 Å². The molecule has 1 amide bonds. The Hall–Kier alpha value is -2.83. The minimum absolute atomic E-state index is 0.100. The number of carbonyl (C=O) groups is 1. The zero-order valence-corrected chi connectivity index (χ0v) is 12.4. The van der Waals surface area contributed by atoms with Gasteiger partial charge >= 0.3 is 5.69 Å². The molecule has 1 aromatic heterocycles. The lowest BCUT2D eigenvalue weighted by molar-refractivity contribution is -0.116. The summed E-state index contributed by atoms with van der Waals surface area (Å²) < 4.78 is 6.46. The average Bonchev–Trinajstić information content (AvgIpc) is 2.46. The number of ether oxygens (including phenoxy) is 1. The van der Waals surface area contributed by atoms with Gasteiger partial charge in [-0.25, -0.2) is 4.79 Å². The molecule has 0 bridgehead atoms. The second-order valence-corrected chi connectivity index (χ2v) is 4.81. The first-order chi connectivity index (χ1) is 10.5. The van der Waals surface area contributed by atoms with E-state index >= 15 is 0 Å². The number of aromatic nitrogens is 2. The van der Waals surface area contributed by atoms with Crippen molar-refractivity contribution in [2.75, 3.05) is 12.4 Å². The van der Waals surface area contributed by atoms with Gasteiger partial charge < -0.3 is 14.6 Å². The molecule has 2 N–H and O–H groups in total. The topological polar surface area (TPSA) is 93.2 Å². The van der Waals surface area contributed by atoms with Gasteiger partial charge in [0.25, 0.3) is 5.56 Å². The molecule has 22 heavy (non-hydrogen) atoms. The van der Waals surface area contributed by atoms with Crippen LogP contribution in [0.2, 0.25) is 0 Å². The SMILES string of the molecule is COc1ccc(C)cc1NC(=O)CCn1ccc(=O)[nH]c1=O. The molecule has 0 atom stereocenters. The standard InChI is InChI=1S/C15H17N3O4/c1-10-3-4-12(22-2)11(9-10)16-13(19)5-7-18-8-6-14(20)17-15(18)21/h3-4,6,8-9H,5,7H2,1-2H3,(H,16,19)(H,17,20,21). The molecule has 0 aliphatic carbocycles. The summed E-state index contributed by atoms with van der Waals surface area (Å²) >= 11 is 0.